The molecule has 0 aliphatic rings. The first-order valence-corrected chi connectivity index (χ1v) is 34.0. The van der Waals surface area contributed by atoms with E-state index in [0.717, 1.165) is 37.2 Å². The number of hydrogen-bond donors (Lipinski definition) is 0. The van der Waals surface area contributed by atoms with Gasteiger partial charge in [0, 0.05) is 35.3 Å². The van der Waals surface area contributed by atoms with Crippen LogP contribution in [-0.4, -0.2) is 29.3 Å². The summed E-state index contributed by atoms with van der Waals surface area (Å²) in [6.07, 6.45) is 6.39. The Morgan fingerprint density at radius 3 is 0.444 bits per heavy atom. The predicted octanol–water partition coefficient (Wildman–Crippen LogP) is 22.5. The van der Waals surface area contributed by atoms with Crippen LogP contribution >= 0.6 is 0 Å². The van der Waals surface area contributed by atoms with E-state index in [-0.39, 0.29) is 0 Å². The number of nitrogens with zero attached hydrogens (tertiary/aromatic N) is 6. The second-order valence-corrected chi connectivity index (χ2v) is 25.8. The highest BCUT2D eigenvalue weighted by Gasteiger charge is 2.44. The van der Waals surface area contributed by atoms with Crippen LogP contribution in [0.4, 0.5) is 52.7 Å². The van der Waals surface area contributed by atoms with Crippen molar-refractivity contribution in [3.8, 4) is 66.8 Å². The van der Waals surface area contributed by atoms with Crippen LogP contribution in [0.2, 0.25) is 0 Å². The van der Waals surface area contributed by atoms with Gasteiger partial charge in [-0.1, -0.05) is 273 Å². The molecule has 0 saturated heterocycles. The van der Waals surface area contributed by atoms with Crippen molar-refractivity contribution < 1.29 is 52.7 Å². The first-order chi connectivity index (χ1) is 52.6. The molecule has 0 aliphatic carbocycles. The second kappa shape index (κ2) is 27.9. The lowest BCUT2D eigenvalue weighted by atomic mass is 9.77. The van der Waals surface area contributed by atoms with Crippen LogP contribution in [0.3, 0.4) is 0 Å². The van der Waals surface area contributed by atoms with E-state index in [1.807, 2.05) is 0 Å². The summed E-state index contributed by atoms with van der Waals surface area (Å²) in [5.41, 5.74) is -13.1. The van der Waals surface area contributed by atoms with Crippen molar-refractivity contribution in [3.63, 3.8) is 0 Å². The number of benzene rings is 13. The molecule has 3 heterocycles. The van der Waals surface area contributed by atoms with E-state index in [1.54, 1.807) is 273 Å². The van der Waals surface area contributed by atoms with Gasteiger partial charge in [0.2, 0.25) is 0 Å². The first kappa shape index (κ1) is 69.0. The molecule has 0 amide bonds. The summed E-state index contributed by atoms with van der Waals surface area (Å²) in [5, 5.41) is 13.7. The summed E-state index contributed by atoms with van der Waals surface area (Å²) >= 11 is 0. The molecule has 0 bridgehead atoms. The van der Waals surface area contributed by atoms with Gasteiger partial charge in [0.15, 0.2) is 69.8 Å². The maximum absolute atomic E-state index is 17.7. The molecule has 6 nitrogen and oxygen atoms in total. The van der Waals surface area contributed by atoms with Gasteiger partial charge in [-0.05, 0) is 85.0 Å². The lowest BCUT2D eigenvalue weighted by Gasteiger charge is -2.36. The fraction of sp³-hybridized carbons (Fsp3) is 0.0333. The van der Waals surface area contributed by atoms with Gasteiger partial charge < -0.3 is 0 Å². The molecule has 0 N–H and O–H groups in total. The lowest BCUT2D eigenvalue weighted by molar-refractivity contribution is 0.458. The molecule has 0 saturated carbocycles. The van der Waals surface area contributed by atoms with Gasteiger partial charge in [0.05, 0.1) is 52.0 Å². The van der Waals surface area contributed by atoms with Gasteiger partial charge in [-0.15, -0.1) is 0 Å². The van der Waals surface area contributed by atoms with Gasteiger partial charge in [-0.25, -0.2) is 52.7 Å². The standard InChI is InChI=1S/C90H54F12N6/c91-76-70(77(92)83(98)73(82(76)97)58-49-103-106(52-58)88(61-28-10-1-11-29-61,62-30-12-2-13-31-62)63-32-14-3-15-33-63)55-46-56(71-78(93)84(99)74(85(100)79(71)94)59-50-104-107(53-59)89(64-34-16-4-17-35-64,65-36-18-5-19-37-65)66-38-20-6-21-39-66)48-57(47-55)72-80(95)86(101)75(87(102)81(72)96)60-51-105-108(54-60)90(67-40-22-7-23-41-67,68-42-24-8-25-43-68)69-44-26-9-27-45-69/h1-54H. The van der Waals surface area contributed by atoms with Crippen LogP contribution in [0.25, 0.3) is 66.8 Å². The fourth-order valence-electron chi connectivity index (χ4n) is 15.2. The summed E-state index contributed by atoms with van der Waals surface area (Å²) in [4.78, 5) is 0. The Morgan fingerprint density at radius 1 is 0.176 bits per heavy atom. The van der Waals surface area contributed by atoms with Gasteiger partial charge in [0.25, 0.3) is 0 Å². The molecule has 18 heteroatoms. The SMILES string of the molecule is Fc1c(F)c(-c2cnn(C(c3ccccc3)(c3ccccc3)c3ccccc3)c2)c(F)c(F)c1-c1cc(-c2c(F)c(F)c(-c3cnn(C(c4ccccc4)(c4ccccc4)c4ccccc4)c3)c(F)c2F)cc(-c2c(F)c(F)c(-c3cnn(C(c4ccccc4)(c4ccccc4)c4ccccc4)c3)c(F)c2F)c1. The highest BCUT2D eigenvalue weighted by atomic mass is 19.2. The van der Waals surface area contributed by atoms with Crippen LogP contribution in [0.5, 0.6) is 0 Å². The summed E-state index contributed by atoms with van der Waals surface area (Å²) in [7, 11) is 0. The van der Waals surface area contributed by atoms with Crippen LogP contribution in [0.1, 0.15) is 50.1 Å². The van der Waals surface area contributed by atoms with Crippen molar-refractivity contribution in [2.24, 2.45) is 0 Å². The molecular formula is C90H54F12N6. The molecule has 13 aromatic carbocycles. The minimum Gasteiger partial charge on any atom is -0.252 e. The van der Waals surface area contributed by atoms with Gasteiger partial charge >= 0.3 is 0 Å². The maximum atomic E-state index is 17.7. The number of halogens is 12. The Hall–Kier alpha value is -13.4. The molecule has 3 aromatic heterocycles. The van der Waals surface area contributed by atoms with E-state index in [2.05, 4.69) is 15.3 Å². The number of aromatic nitrogens is 6. The van der Waals surface area contributed by atoms with E-state index in [0.29, 0.717) is 68.3 Å². The van der Waals surface area contributed by atoms with E-state index in [4.69, 9.17) is 0 Å². The van der Waals surface area contributed by atoms with Crippen LogP contribution in [-0.2, 0) is 16.6 Å². The van der Waals surface area contributed by atoms with E-state index in [1.165, 1.54) is 14.0 Å². The third kappa shape index (κ3) is 11.0. The molecule has 0 fully saturated rings. The Kier molecular flexibility index (Phi) is 17.9. The molecular weight excluding hydrogens is 1390 g/mol. The Balaban J connectivity index is 0.881. The Labute approximate surface area is 610 Å². The summed E-state index contributed by atoms with van der Waals surface area (Å²) in [6, 6.07) is 81.2. The van der Waals surface area contributed by atoms with Crippen LogP contribution in [0, 0.1) is 69.8 Å². The minimum atomic E-state index is -2.22. The molecule has 108 heavy (non-hydrogen) atoms. The second-order valence-electron chi connectivity index (χ2n) is 25.8. The highest BCUT2D eigenvalue weighted by molar-refractivity contribution is 5.86. The largest absolute Gasteiger partial charge is 0.252 e. The molecule has 0 radical (unpaired) electrons. The highest BCUT2D eigenvalue weighted by Crippen LogP contribution is 2.50. The zero-order valence-electron chi connectivity index (χ0n) is 56.4. The molecule has 16 rings (SSSR count). The lowest BCUT2D eigenvalue weighted by Crippen LogP contribution is -2.38. The van der Waals surface area contributed by atoms with E-state index in [9.17, 15) is 0 Å². The van der Waals surface area contributed by atoms with Crippen molar-refractivity contribution in [2.45, 2.75) is 16.6 Å². The fourth-order valence-corrected chi connectivity index (χ4v) is 15.2. The first-order valence-electron chi connectivity index (χ1n) is 34.0. The van der Waals surface area contributed by atoms with Gasteiger partial charge in [-0.3, -0.25) is 14.0 Å². The summed E-state index contributed by atoms with van der Waals surface area (Å²) in [6.45, 7) is 0. The molecule has 0 spiro atoms. The summed E-state index contributed by atoms with van der Waals surface area (Å²) in [5.74, 6) is -25.8. The number of rotatable bonds is 18. The van der Waals surface area contributed by atoms with Crippen molar-refractivity contribution in [2.75, 3.05) is 0 Å². The average molecular weight is 1450 g/mol. The third-order valence-electron chi connectivity index (χ3n) is 20.0. The minimum absolute atomic E-state index is 0.436. The van der Waals surface area contributed by atoms with Crippen LogP contribution < -0.4 is 0 Å². The van der Waals surface area contributed by atoms with Crippen molar-refractivity contribution in [3.05, 3.63) is 448 Å². The third-order valence-corrected chi connectivity index (χ3v) is 20.0. The zero-order valence-corrected chi connectivity index (χ0v) is 56.4. The van der Waals surface area contributed by atoms with E-state index >= 15 is 52.7 Å². The Bertz CT molecular complexity index is 5030. The van der Waals surface area contributed by atoms with Crippen molar-refractivity contribution >= 4 is 0 Å². The monoisotopic (exact) mass is 1450 g/mol. The zero-order chi connectivity index (χ0) is 74.6. The predicted molar refractivity (Wildman–Crippen MR) is 390 cm³/mol. The normalized spacial score (nSPS) is 11.9. The molecule has 16 aromatic rings. The van der Waals surface area contributed by atoms with E-state index < -0.39 is 153 Å². The Morgan fingerprint density at radius 2 is 0.306 bits per heavy atom. The van der Waals surface area contributed by atoms with Crippen LogP contribution in [0.15, 0.2) is 328 Å². The van der Waals surface area contributed by atoms with Crippen molar-refractivity contribution in [1.29, 1.82) is 0 Å². The molecule has 528 valence electrons. The molecule has 0 unspecified atom stereocenters. The maximum Gasteiger partial charge on any atom is 0.170 e. The summed E-state index contributed by atoms with van der Waals surface area (Å²) < 4.78 is 215. The molecule has 0 atom stereocenters. The van der Waals surface area contributed by atoms with Crippen molar-refractivity contribution in [1.82, 2.24) is 29.3 Å². The quantitative estimate of drug-likeness (QED) is 0.0489. The van der Waals surface area contributed by atoms with Gasteiger partial charge in [0.1, 0.15) is 16.6 Å². The molecule has 0 aliphatic heterocycles. The smallest absolute Gasteiger partial charge is 0.170 e. The average Bonchev–Trinajstić information content (AvgIpc) is 1.49. The topological polar surface area (TPSA) is 53.5 Å². The van der Waals surface area contributed by atoms with Gasteiger partial charge in [-0.2, -0.15) is 15.3 Å². The number of hydrogen-bond acceptors (Lipinski definition) is 3.